The van der Waals surface area contributed by atoms with Crippen LogP contribution in [0.1, 0.15) is 18.4 Å². The zero-order valence-corrected chi connectivity index (χ0v) is 9.82. The quantitative estimate of drug-likeness (QED) is 0.872. The smallest absolute Gasteiger partial charge is 0.127 e. The molecule has 1 saturated heterocycles. The normalized spacial score (nSPS) is 17.1. The molecule has 2 N–H and O–H groups in total. The van der Waals surface area contributed by atoms with Crippen molar-refractivity contribution in [2.75, 3.05) is 19.8 Å². The van der Waals surface area contributed by atoms with E-state index in [9.17, 15) is 4.39 Å². The zero-order valence-electron chi connectivity index (χ0n) is 9.82. The molecule has 0 aliphatic carbocycles. The number of hydrogen-bond donors (Lipinski definition) is 1. The Morgan fingerprint density at radius 2 is 2.06 bits per heavy atom. The fourth-order valence-electron chi connectivity index (χ4n) is 1.99. The van der Waals surface area contributed by atoms with Crippen molar-refractivity contribution in [3.8, 4) is 5.75 Å². The van der Waals surface area contributed by atoms with Crippen LogP contribution in [0, 0.1) is 5.82 Å². The highest BCUT2D eigenvalue weighted by Crippen LogP contribution is 2.21. The Labute approximate surface area is 101 Å². The summed E-state index contributed by atoms with van der Waals surface area (Å²) in [6, 6.07) is 4.80. The van der Waals surface area contributed by atoms with Crippen LogP contribution in [-0.4, -0.2) is 25.9 Å². The molecule has 1 fully saturated rings. The van der Waals surface area contributed by atoms with Gasteiger partial charge in [-0.25, -0.2) is 4.39 Å². The lowest BCUT2D eigenvalue weighted by Crippen LogP contribution is -2.25. The van der Waals surface area contributed by atoms with Crippen molar-refractivity contribution in [3.63, 3.8) is 0 Å². The molecular formula is C13H18FNO2. The van der Waals surface area contributed by atoms with Crippen molar-refractivity contribution in [2.45, 2.75) is 25.4 Å². The summed E-state index contributed by atoms with van der Waals surface area (Å²) < 4.78 is 24.4. The van der Waals surface area contributed by atoms with Gasteiger partial charge < -0.3 is 15.2 Å². The van der Waals surface area contributed by atoms with Gasteiger partial charge in [0.25, 0.3) is 0 Å². The molecule has 0 saturated carbocycles. The van der Waals surface area contributed by atoms with Crippen molar-refractivity contribution in [1.29, 1.82) is 0 Å². The van der Waals surface area contributed by atoms with E-state index in [1.54, 1.807) is 0 Å². The van der Waals surface area contributed by atoms with Gasteiger partial charge in [0.1, 0.15) is 17.7 Å². The first-order chi connectivity index (χ1) is 8.28. The lowest BCUT2D eigenvalue weighted by molar-refractivity contribution is 0.0254. The van der Waals surface area contributed by atoms with E-state index in [2.05, 4.69) is 0 Å². The summed E-state index contributed by atoms with van der Waals surface area (Å²) in [4.78, 5) is 0. The Kier molecular flexibility index (Phi) is 4.34. The first-order valence-electron chi connectivity index (χ1n) is 6.02. The summed E-state index contributed by atoms with van der Waals surface area (Å²) in [6.07, 6.45) is 2.53. The van der Waals surface area contributed by atoms with Crippen LogP contribution >= 0.6 is 0 Å². The molecule has 0 amide bonds. The molecule has 0 bridgehead atoms. The maximum absolute atomic E-state index is 13.4. The van der Waals surface area contributed by atoms with Gasteiger partial charge in [0.05, 0.1) is 13.2 Å². The predicted molar refractivity (Wildman–Crippen MR) is 63.6 cm³/mol. The van der Waals surface area contributed by atoms with Gasteiger partial charge in [-0.15, -0.1) is 0 Å². The minimum absolute atomic E-state index is 0.135. The molecule has 1 aliphatic heterocycles. The maximum atomic E-state index is 13.4. The number of halogens is 1. The number of nitrogens with two attached hydrogens (primary N) is 1. The van der Waals surface area contributed by atoms with Gasteiger partial charge >= 0.3 is 0 Å². The standard InChI is InChI=1S/C13H18FNO2/c14-11-7-10(1-4-15)8-13(9-11)17-12-2-5-16-6-3-12/h7-9,12H,1-6,15H2. The van der Waals surface area contributed by atoms with E-state index in [1.807, 2.05) is 6.07 Å². The highest BCUT2D eigenvalue weighted by atomic mass is 19.1. The number of rotatable bonds is 4. The molecule has 1 aliphatic rings. The summed E-state index contributed by atoms with van der Waals surface area (Å²) in [6.45, 7) is 1.95. The molecule has 0 atom stereocenters. The molecule has 94 valence electrons. The van der Waals surface area contributed by atoms with E-state index < -0.39 is 0 Å². The Morgan fingerprint density at radius 1 is 1.29 bits per heavy atom. The molecule has 0 aromatic heterocycles. The minimum atomic E-state index is -0.266. The van der Waals surface area contributed by atoms with E-state index in [4.69, 9.17) is 15.2 Å². The predicted octanol–water partition coefficient (Wildman–Crippen LogP) is 1.88. The van der Waals surface area contributed by atoms with Gasteiger partial charge in [-0.1, -0.05) is 0 Å². The number of hydrogen-bond acceptors (Lipinski definition) is 3. The largest absolute Gasteiger partial charge is 0.490 e. The lowest BCUT2D eigenvalue weighted by atomic mass is 10.1. The molecule has 0 radical (unpaired) electrons. The lowest BCUT2D eigenvalue weighted by Gasteiger charge is -2.23. The molecular weight excluding hydrogens is 221 g/mol. The average Bonchev–Trinajstić information content (AvgIpc) is 2.30. The summed E-state index contributed by atoms with van der Waals surface area (Å²) in [7, 11) is 0. The third kappa shape index (κ3) is 3.68. The minimum Gasteiger partial charge on any atom is -0.490 e. The van der Waals surface area contributed by atoms with Gasteiger partial charge in [0.2, 0.25) is 0 Å². The highest BCUT2D eigenvalue weighted by molar-refractivity contribution is 5.30. The topological polar surface area (TPSA) is 44.5 Å². The summed E-state index contributed by atoms with van der Waals surface area (Å²) in [5.41, 5.74) is 6.35. The number of ether oxygens (including phenoxy) is 2. The molecule has 4 heteroatoms. The first-order valence-corrected chi connectivity index (χ1v) is 6.02. The van der Waals surface area contributed by atoms with E-state index in [1.165, 1.54) is 12.1 Å². The highest BCUT2D eigenvalue weighted by Gasteiger charge is 2.15. The SMILES string of the molecule is NCCc1cc(F)cc(OC2CCOCC2)c1. The van der Waals surface area contributed by atoms with Gasteiger partial charge in [-0.3, -0.25) is 0 Å². The van der Waals surface area contributed by atoms with Crippen LogP contribution < -0.4 is 10.5 Å². The van der Waals surface area contributed by atoms with Gasteiger partial charge in [-0.05, 0) is 30.7 Å². The Balaban J connectivity index is 2.03. The molecule has 0 spiro atoms. The summed E-state index contributed by atoms with van der Waals surface area (Å²) in [5.74, 6) is 0.332. The Morgan fingerprint density at radius 3 is 2.76 bits per heavy atom. The molecule has 1 aromatic rings. The van der Waals surface area contributed by atoms with Crippen LogP contribution in [0.5, 0.6) is 5.75 Å². The van der Waals surface area contributed by atoms with Crippen LogP contribution in [0.3, 0.4) is 0 Å². The fourth-order valence-corrected chi connectivity index (χ4v) is 1.99. The molecule has 1 heterocycles. The van der Waals surface area contributed by atoms with E-state index in [0.717, 1.165) is 31.6 Å². The van der Waals surface area contributed by atoms with E-state index >= 15 is 0 Å². The molecule has 3 nitrogen and oxygen atoms in total. The van der Waals surface area contributed by atoms with Crippen LogP contribution in [0.25, 0.3) is 0 Å². The van der Waals surface area contributed by atoms with Crippen molar-refractivity contribution in [3.05, 3.63) is 29.6 Å². The maximum Gasteiger partial charge on any atom is 0.127 e. The summed E-state index contributed by atoms with van der Waals surface area (Å²) >= 11 is 0. The number of benzene rings is 1. The first kappa shape index (κ1) is 12.3. The monoisotopic (exact) mass is 239 g/mol. The van der Waals surface area contributed by atoms with Crippen molar-refractivity contribution in [1.82, 2.24) is 0 Å². The molecule has 1 aromatic carbocycles. The van der Waals surface area contributed by atoms with Crippen LogP contribution in [0.15, 0.2) is 18.2 Å². The van der Waals surface area contributed by atoms with Crippen molar-refractivity contribution >= 4 is 0 Å². The Hall–Kier alpha value is -1.13. The second-order valence-electron chi connectivity index (χ2n) is 4.26. The third-order valence-electron chi connectivity index (χ3n) is 2.84. The molecule has 0 unspecified atom stereocenters. The van der Waals surface area contributed by atoms with Crippen LogP contribution in [-0.2, 0) is 11.2 Å². The molecule has 17 heavy (non-hydrogen) atoms. The van der Waals surface area contributed by atoms with Crippen molar-refractivity contribution < 1.29 is 13.9 Å². The second kappa shape index (κ2) is 5.98. The van der Waals surface area contributed by atoms with Crippen molar-refractivity contribution in [2.24, 2.45) is 5.73 Å². The van der Waals surface area contributed by atoms with E-state index in [0.29, 0.717) is 18.7 Å². The van der Waals surface area contributed by atoms with Gasteiger partial charge in [0, 0.05) is 18.9 Å². The second-order valence-corrected chi connectivity index (χ2v) is 4.26. The van der Waals surface area contributed by atoms with E-state index in [-0.39, 0.29) is 11.9 Å². The van der Waals surface area contributed by atoms with Gasteiger partial charge in [-0.2, -0.15) is 0 Å². The van der Waals surface area contributed by atoms with Gasteiger partial charge in [0.15, 0.2) is 0 Å². The molecule has 2 rings (SSSR count). The fraction of sp³-hybridized carbons (Fsp3) is 0.538. The zero-order chi connectivity index (χ0) is 12.1. The summed E-state index contributed by atoms with van der Waals surface area (Å²) in [5, 5.41) is 0. The average molecular weight is 239 g/mol. The van der Waals surface area contributed by atoms with Crippen LogP contribution in [0.2, 0.25) is 0 Å². The Bertz CT molecular complexity index is 364. The van der Waals surface area contributed by atoms with Crippen LogP contribution in [0.4, 0.5) is 4.39 Å². The third-order valence-corrected chi connectivity index (χ3v) is 2.84.